The Balaban J connectivity index is 1.88. The highest BCUT2D eigenvalue weighted by Gasteiger charge is 2.33. The molecular formula is C20H32N2O2. The number of ether oxygens (including phenoxy) is 1. The molecule has 0 unspecified atom stereocenters. The van der Waals surface area contributed by atoms with Crippen molar-refractivity contribution in [2.75, 3.05) is 27.2 Å². The summed E-state index contributed by atoms with van der Waals surface area (Å²) in [6.07, 6.45) is 7.40. The van der Waals surface area contributed by atoms with E-state index in [1.807, 2.05) is 19.1 Å². The number of hydrogen-bond acceptors (Lipinski definition) is 3. The van der Waals surface area contributed by atoms with Crippen molar-refractivity contribution in [3.63, 3.8) is 0 Å². The normalized spacial score (nSPS) is 17.4. The Bertz CT molecular complexity index is 547. The van der Waals surface area contributed by atoms with Gasteiger partial charge in [-0.1, -0.05) is 37.8 Å². The third kappa shape index (κ3) is 4.73. The van der Waals surface area contributed by atoms with Crippen molar-refractivity contribution < 1.29 is 9.53 Å². The first-order valence-electron chi connectivity index (χ1n) is 9.08. The average molecular weight is 332 g/mol. The number of benzene rings is 1. The Labute approximate surface area is 146 Å². The number of rotatable bonds is 6. The van der Waals surface area contributed by atoms with E-state index in [1.54, 1.807) is 0 Å². The number of carbonyl (C=O) groups excluding carboxylic acids is 1. The fraction of sp³-hybridized carbons (Fsp3) is 0.650. The van der Waals surface area contributed by atoms with Crippen molar-refractivity contribution in [2.24, 2.45) is 0 Å². The second-order valence-corrected chi connectivity index (χ2v) is 7.30. The maximum absolute atomic E-state index is 12.3. The Morgan fingerprint density at radius 3 is 2.46 bits per heavy atom. The van der Waals surface area contributed by atoms with Crippen molar-refractivity contribution in [1.82, 2.24) is 10.2 Å². The fourth-order valence-electron chi connectivity index (χ4n) is 3.51. The molecule has 1 N–H and O–H groups in total. The summed E-state index contributed by atoms with van der Waals surface area (Å²) in [5.41, 5.74) is 2.36. The average Bonchev–Trinajstić information content (AvgIpc) is 2.81. The van der Waals surface area contributed by atoms with Gasteiger partial charge in [-0.3, -0.25) is 4.79 Å². The highest BCUT2D eigenvalue weighted by molar-refractivity contribution is 5.77. The van der Waals surface area contributed by atoms with Crippen LogP contribution in [0.5, 0.6) is 5.75 Å². The SMILES string of the molecule is Cc1cccc(OCC(=O)NCC2(N(C)C)CCCCCC2)c1C. The molecule has 0 aliphatic heterocycles. The predicted molar refractivity (Wildman–Crippen MR) is 98.5 cm³/mol. The second kappa shape index (κ2) is 8.52. The minimum absolute atomic E-state index is 0.0404. The third-order valence-corrected chi connectivity index (χ3v) is 5.51. The van der Waals surface area contributed by atoms with Crippen LogP contribution >= 0.6 is 0 Å². The van der Waals surface area contributed by atoms with E-state index in [0.29, 0.717) is 6.54 Å². The van der Waals surface area contributed by atoms with Gasteiger partial charge in [0.15, 0.2) is 6.61 Å². The summed E-state index contributed by atoms with van der Waals surface area (Å²) in [6, 6.07) is 5.93. The number of nitrogens with one attached hydrogen (secondary N) is 1. The monoisotopic (exact) mass is 332 g/mol. The summed E-state index contributed by atoms with van der Waals surface area (Å²) < 4.78 is 5.71. The van der Waals surface area contributed by atoms with Gasteiger partial charge >= 0.3 is 0 Å². The largest absolute Gasteiger partial charge is 0.483 e. The van der Waals surface area contributed by atoms with E-state index >= 15 is 0 Å². The van der Waals surface area contributed by atoms with Crippen molar-refractivity contribution in [1.29, 1.82) is 0 Å². The summed E-state index contributed by atoms with van der Waals surface area (Å²) in [6.45, 7) is 4.85. The summed E-state index contributed by atoms with van der Waals surface area (Å²) >= 11 is 0. The van der Waals surface area contributed by atoms with Gasteiger partial charge in [-0.25, -0.2) is 0 Å². The number of hydrogen-bond donors (Lipinski definition) is 1. The van der Waals surface area contributed by atoms with E-state index in [2.05, 4.69) is 37.3 Å². The van der Waals surface area contributed by atoms with E-state index in [9.17, 15) is 4.79 Å². The molecule has 4 nitrogen and oxygen atoms in total. The molecule has 0 aromatic heterocycles. The van der Waals surface area contributed by atoms with Gasteiger partial charge in [-0.05, 0) is 58.0 Å². The van der Waals surface area contributed by atoms with Gasteiger partial charge in [0.05, 0.1) is 0 Å². The van der Waals surface area contributed by atoms with Crippen LogP contribution < -0.4 is 10.1 Å². The van der Waals surface area contributed by atoms with Gasteiger partial charge in [0, 0.05) is 12.1 Å². The van der Waals surface area contributed by atoms with Crippen molar-refractivity contribution in [3.05, 3.63) is 29.3 Å². The van der Waals surface area contributed by atoms with Gasteiger partial charge < -0.3 is 15.0 Å². The maximum atomic E-state index is 12.3. The molecule has 1 fully saturated rings. The maximum Gasteiger partial charge on any atom is 0.258 e. The Hall–Kier alpha value is -1.55. The molecule has 0 bridgehead atoms. The molecule has 0 atom stereocenters. The molecule has 1 aromatic rings. The minimum Gasteiger partial charge on any atom is -0.483 e. The van der Waals surface area contributed by atoms with E-state index in [1.165, 1.54) is 31.2 Å². The Morgan fingerprint density at radius 1 is 1.17 bits per heavy atom. The van der Waals surface area contributed by atoms with Crippen molar-refractivity contribution in [3.8, 4) is 5.75 Å². The molecule has 1 saturated carbocycles. The lowest BCUT2D eigenvalue weighted by Crippen LogP contribution is -2.53. The highest BCUT2D eigenvalue weighted by atomic mass is 16.5. The molecular weight excluding hydrogens is 300 g/mol. The van der Waals surface area contributed by atoms with E-state index in [4.69, 9.17) is 4.74 Å². The topological polar surface area (TPSA) is 41.6 Å². The van der Waals surface area contributed by atoms with Crippen LogP contribution in [0, 0.1) is 13.8 Å². The first-order valence-corrected chi connectivity index (χ1v) is 9.08. The predicted octanol–water partition coefficient (Wildman–Crippen LogP) is 3.45. The van der Waals surface area contributed by atoms with E-state index in [0.717, 1.165) is 24.2 Å². The van der Waals surface area contributed by atoms with Crippen LogP contribution in [0.3, 0.4) is 0 Å². The summed E-state index contributed by atoms with van der Waals surface area (Å²) in [7, 11) is 4.26. The lowest BCUT2D eigenvalue weighted by molar-refractivity contribution is -0.123. The lowest BCUT2D eigenvalue weighted by Gasteiger charge is -2.39. The third-order valence-electron chi connectivity index (χ3n) is 5.51. The molecule has 0 radical (unpaired) electrons. The van der Waals surface area contributed by atoms with Gasteiger partial charge in [0.2, 0.25) is 0 Å². The summed E-state index contributed by atoms with van der Waals surface area (Å²) in [5.74, 6) is 0.753. The number of carbonyl (C=O) groups is 1. The van der Waals surface area contributed by atoms with Crippen LogP contribution in [0.15, 0.2) is 18.2 Å². The van der Waals surface area contributed by atoms with Crippen LogP contribution in [0.25, 0.3) is 0 Å². The fourth-order valence-corrected chi connectivity index (χ4v) is 3.51. The molecule has 2 rings (SSSR count). The van der Waals surface area contributed by atoms with Crippen molar-refractivity contribution >= 4 is 5.91 Å². The first kappa shape index (κ1) is 18.8. The Morgan fingerprint density at radius 2 is 1.83 bits per heavy atom. The zero-order valence-electron chi connectivity index (χ0n) is 15.7. The van der Waals surface area contributed by atoms with Gasteiger partial charge in [-0.15, -0.1) is 0 Å². The standard InChI is InChI=1S/C20H32N2O2/c1-16-10-9-11-18(17(16)2)24-14-19(23)21-15-20(22(3)4)12-7-5-6-8-13-20/h9-11H,5-8,12-15H2,1-4H3,(H,21,23). The molecule has 24 heavy (non-hydrogen) atoms. The zero-order valence-corrected chi connectivity index (χ0v) is 15.7. The number of likely N-dealkylation sites (N-methyl/N-ethyl adjacent to an activating group) is 1. The summed E-state index contributed by atoms with van der Waals surface area (Å²) in [5, 5.41) is 3.10. The van der Waals surface area contributed by atoms with Crippen LogP contribution in [-0.2, 0) is 4.79 Å². The molecule has 1 amide bonds. The van der Waals surface area contributed by atoms with Crippen LogP contribution in [0.2, 0.25) is 0 Å². The van der Waals surface area contributed by atoms with Gasteiger partial charge in [0.25, 0.3) is 5.91 Å². The van der Waals surface area contributed by atoms with Crippen LogP contribution in [0.1, 0.15) is 49.7 Å². The lowest BCUT2D eigenvalue weighted by atomic mass is 9.88. The van der Waals surface area contributed by atoms with Crippen molar-refractivity contribution in [2.45, 2.75) is 57.9 Å². The number of nitrogens with zero attached hydrogens (tertiary/aromatic N) is 1. The second-order valence-electron chi connectivity index (χ2n) is 7.30. The highest BCUT2D eigenvalue weighted by Crippen LogP contribution is 2.30. The zero-order chi connectivity index (χ0) is 17.6. The number of amides is 1. The Kier molecular flexibility index (Phi) is 6.67. The minimum atomic E-state index is -0.0404. The van der Waals surface area contributed by atoms with Crippen LogP contribution in [0.4, 0.5) is 0 Å². The molecule has 0 heterocycles. The molecule has 1 aliphatic rings. The van der Waals surface area contributed by atoms with Gasteiger partial charge in [0.1, 0.15) is 5.75 Å². The van der Waals surface area contributed by atoms with E-state index in [-0.39, 0.29) is 18.1 Å². The molecule has 134 valence electrons. The molecule has 1 aliphatic carbocycles. The van der Waals surface area contributed by atoms with E-state index < -0.39 is 0 Å². The molecule has 1 aromatic carbocycles. The quantitative estimate of drug-likeness (QED) is 0.811. The first-order chi connectivity index (χ1) is 11.4. The molecule has 0 spiro atoms. The smallest absolute Gasteiger partial charge is 0.258 e. The van der Waals surface area contributed by atoms with Crippen LogP contribution in [-0.4, -0.2) is 43.6 Å². The molecule has 0 saturated heterocycles. The number of aryl methyl sites for hydroxylation is 1. The van der Waals surface area contributed by atoms with Gasteiger partial charge in [-0.2, -0.15) is 0 Å². The summed E-state index contributed by atoms with van der Waals surface area (Å²) in [4.78, 5) is 14.5. The molecule has 4 heteroatoms.